The number of hydrogen-bond acceptors (Lipinski definition) is 4. The maximum absolute atomic E-state index is 12.9. The molecule has 1 N–H and O–H groups in total. The van der Waals surface area contributed by atoms with E-state index >= 15 is 0 Å². The van der Waals surface area contributed by atoms with E-state index in [-0.39, 0.29) is 18.0 Å². The van der Waals surface area contributed by atoms with Gasteiger partial charge in [0.1, 0.15) is 0 Å². The van der Waals surface area contributed by atoms with Gasteiger partial charge < -0.3 is 10.2 Å². The van der Waals surface area contributed by atoms with Crippen molar-refractivity contribution in [3.05, 3.63) is 87.7 Å². The number of aryl methyl sites for hydroxylation is 3. The highest BCUT2D eigenvalue weighted by Crippen LogP contribution is 2.35. The zero-order chi connectivity index (χ0) is 23.4. The zero-order valence-corrected chi connectivity index (χ0v) is 20.3. The number of aromatic nitrogens is 2. The molecule has 6 heteroatoms. The maximum atomic E-state index is 12.9. The van der Waals surface area contributed by atoms with E-state index in [4.69, 9.17) is 16.6 Å². The Kier molecular flexibility index (Phi) is 7.29. The van der Waals surface area contributed by atoms with Gasteiger partial charge in [0.15, 0.2) is 0 Å². The Balaban J connectivity index is 1.64. The third kappa shape index (κ3) is 5.53. The van der Waals surface area contributed by atoms with Crippen LogP contribution < -0.4 is 10.2 Å². The number of amides is 1. The van der Waals surface area contributed by atoms with Crippen LogP contribution in [0.5, 0.6) is 0 Å². The minimum atomic E-state index is -0.119. The summed E-state index contributed by atoms with van der Waals surface area (Å²) in [5.41, 5.74) is 5.09. The number of carbonyl (C=O) groups excluding carboxylic acids is 1. The maximum Gasteiger partial charge on any atom is 0.254 e. The first-order valence-electron chi connectivity index (χ1n) is 11.7. The van der Waals surface area contributed by atoms with Gasteiger partial charge in [-0.3, -0.25) is 4.79 Å². The predicted molar refractivity (Wildman–Crippen MR) is 134 cm³/mol. The number of benzene rings is 2. The second kappa shape index (κ2) is 10.3. The van der Waals surface area contributed by atoms with Crippen molar-refractivity contribution in [2.75, 3.05) is 11.4 Å². The summed E-state index contributed by atoms with van der Waals surface area (Å²) in [5.74, 6) is 0.570. The van der Waals surface area contributed by atoms with Crippen LogP contribution in [0.2, 0.25) is 5.02 Å². The number of halogens is 1. The van der Waals surface area contributed by atoms with Crippen molar-refractivity contribution in [3.63, 3.8) is 0 Å². The Bertz CT molecular complexity index is 1110. The van der Waals surface area contributed by atoms with Gasteiger partial charge in [-0.2, -0.15) is 0 Å². The van der Waals surface area contributed by atoms with E-state index in [0.717, 1.165) is 36.5 Å². The first-order chi connectivity index (χ1) is 15.9. The lowest BCUT2D eigenvalue weighted by molar-refractivity contribution is 0.0941. The van der Waals surface area contributed by atoms with Crippen LogP contribution in [0.15, 0.2) is 54.7 Å². The third-order valence-electron chi connectivity index (χ3n) is 6.18. The summed E-state index contributed by atoms with van der Waals surface area (Å²) in [7, 11) is 0. The fourth-order valence-electron chi connectivity index (χ4n) is 4.45. The Labute approximate surface area is 201 Å². The van der Waals surface area contributed by atoms with Gasteiger partial charge in [-0.25, -0.2) is 9.97 Å². The van der Waals surface area contributed by atoms with E-state index in [0.29, 0.717) is 17.9 Å². The lowest BCUT2D eigenvalue weighted by Crippen LogP contribution is -2.32. The summed E-state index contributed by atoms with van der Waals surface area (Å²) in [6.45, 7) is 6.93. The van der Waals surface area contributed by atoms with Crippen molar-refractivity contribution in [2.24, 2.45) is 0 Å². The molecule has 0 bridgehead atoms. The van der Waals surface area contributed by atoms with Gasteiger partial charge in [-0.1, -0.05) is 48.0 Å². The van der Waals surface area contributed by atoms with Crippen LogP contribution in [0, 0.1) is 6.92 Å². The SMILES string of the molecule is Cc1ccccc1CCc1nc(N2CCC[C@@H]2c2ccc(Cl)cc2)ncc1C(=O)NC(C)C. The highest BCUT2D eigenvalue weighted by molar-refractivity contribution is 6.30. The van der Waals surface area contributed by atoms with Crippen molar-refractivity contribution in [1.82, 2.24) is 15.3 Å². The third-order valence-corrected chi connectivity index (χ3v) is 6.43. The molecule has 2 heterocycles. The zero-order valence-electron chi connectivity index (χ0n) is 19.5. The Morgan fingerprint density at radius 2 is 1.91 bits per heavy atom. The lowest BCUT2D eigenvalue weighted by Gasteiger charge is -2.26. The van der Waals surface area contributed by atoms with E-state index in [2.05, 4.69) is 52.5 Å². The molecule has 172 valence electrons. The average molecular weight is 463 g/mol. The topological polar surface area (TPSA) is 58.1 Å². The van der Waals surface area contributed by atoms with Gasteiger partial charge in [-0.15, -0.1) is 0 Å². The standard InChI is InChI=1S/C27H31ClN4O/c1-18(2)30-26(33)23-17-29-27(31-24(23)15-12-20-8-5-4-7-19(20)3)32-16-6-9-25(32)21-10-13-22(28)14-11-21/h4-5,7-8,10-11,13-14,17-18,25H,6,9,12,15-16H2,1-3H3,(H,30,33)/t25-/m1/s1. The van der Waals surface area contributed by atoms with Gasteiger partial charge in [0, 0.05) is 23.8 Å². The number of nitrogens with zero attached hydrogens (tertiary/aromatic N) is 3. The Hall–Kier alpha value is -2.92. The normalized spacial score (nSPS) is 15.8. The largest absolute Gasteiger partial charge is 0.350 e. The Morgan fingerprint density at radius 3 is 2.64 bits per heavy atom. The summed E-state index contributed by atoms with van der Waals surface area (Å²) in [4.78, 5) is 24.7. The summed E-state index contributed by atoms with van der Waals surface area (Å²) in [6, 6.07) is 16.6. The van der Waals surface area contributed by atoms with Crippen LogP contribution in [-0.2, 0) is 12.8 Å². The van der Waals surface area contributed by atoms with E-state index in [1.807, 2.05) is 32.0 Å². The van der Waals surface area contributed by atoms with Crippen LogP contribution in [0.1, 0.15) is 65.5 Å². The molecule has 1 aliphatic rings. The molecule has 0 aliphatic carbocycles. The minimum absolute atomic E-state index is 0.0502. The van der Waals surface area contributed by atoms with Gasteiger partial charge in [0.05, 0.1) is 17.3 Å². The highest BCUT2D eigenvalue weighted by Gasteiger charge is 2.29. The van der Waals surface area contributed by atoms with Crippen LogP contribution in [0.25, 0.3) is 0 Å². The summed E-state index contributed by atoms with van der Waals surface area (Å²) in [5, 5.41) is 3.73. The second-order valence-corrected chi connectivity index (χ2v) is 9.42. The summed E-state index contributed by atoms with van der Waals surface area (Å²) < 4.78 is 0. The van der Waals surface area contributed by atoms with E-state index in [1.165, 1.54) is 16.7 Å². The van der Waals surface area contributed by atoms with Crippen molar-refractivity contribution < 1.29 is 4.79 Å². The molecule has 5 nitrogen and oxygen atoms in total. The molecule has 1 amide bonds. The lowest BCUT2D eigenvalue weighted by atomic mass is 10.0. The summed E-state index contributed by atoms with van der Waals surface area (Å²) >= 11 is 6.10. The molecule has 0 saturated carbocycles. The fraction of sp³-hybridized carbons (Fsp3) is 0.370. The molecule has 1 aliphatic heterocycles. The highest BCUT2D eigenvalue weighted by atomic mass is 35.5. The molecule has 0 spiro atoms. The smallest absolute Gasteiger partial charge is 0.254 e. The Morgan fingerprint density at radius 1 is 1.15 bits per heavy atom. The first-order valence-corrected chi connectivity index (χ1v) is 12.0. The predicted octanol–water partition coefficient (Wildman–Crippen LogP) is 5.70. The summed E-state index contributed by atoms with van der Waals surface area (Å²) in [6.07, 6.45) is 5.32. The number of carbonyl (C=O) groups is 1. The molecule has 1 fully saturated rings. The molecular weight excluding hydrogens is 432 g/mol. The van der Waals surface area contributed by atoms with Crippen molar-refractivity contribution >= 4 is 23.5 Å². The number of rotatable bonds is 7. The van der Waals surface area contributed by atoms with Gasteiger partial charge in [0.25, 0.3) is 5.91 Å². The molecule has 1 atom stereocenters. The number of nitrogens with one attached hydrogen (secondary N) is 1. The van der Waals surface area contributed by atoms with Crippen molar-refractivity contribution in [1.29, 1.82) is 0 Å². The monoisotopic (exact) mass is 462 g/mol. The van der Waals surface area contributed by atoms with Crippen molar-refractivity contribution in [2.45, 2.75) is 58.5 Å². The first kappa shape index (κ1) is 23.2. The molecule has 33 heavy (non-hydrogen) atoms. The van der Waals surface area contributed by atoms with Crippen molar-refractivity contribution in [3.8, 4) is 0 Å². The quantitative estimate of drug-likeness (QED) is 0.489. The molecular formula is C27H31ClN4O. The van der Waals surface area contributed by atoms with Gasteiger partial charge in [0.2, 0.25) is 5.95 Å². The van der Waals surface area contributed by atoms with Gasteiger partial charge >= 0.3 is 0 Å². The van der Waals surface area contributed by atoms with E-state index in [1.54, 1.807) is 6.20 Å². The fourth-order valence-corrected chi connectivity index (χ4v) is 4.57. The number of hydrogen-bond donors (Lipinski definition) is 1. The van der Waals surface area contributed by atoms with E-state index in [9.17, 15) is 4.79 Å². The van der Waals surface area contributed by atoms with Gasteiger partial charge in [-0.05, 0) is 75.3 Å². The number of anilines is 1. The van der Waals surface area contributed by atoms with Crippen LogP contribution in [0.3, 0.4) is 0 Å². The minimum Gasteiger partial charge on any atom is -0.350 e. The molecule has 0 unspecified atom stereocenters. The average Bonchev–Trinajstić information content (AvgIpc) is 3.28. The van der Waals surface area contributed by atoms with Crippen LogP contribution >= 0.6 is 11.6 Å². The van der Waals surface area contributed by atoms with Crippen LogP contribution in [0.4, 0.5) is 5.95 Å². The van der Waals surface area contributed by atoms with E-state index < -0.39 is 0 Å². The molecule has 1 aromatic heterocycles. The molecule has 3 aromatic rings. The molecule has 1 saturated heterocycles. The molecule has 4 rings (SSSR count). The second-order valence-electron chi connectivity index (χ2n) is 8.99. The van der Waals surface area contributed by atoms with Crippen LogP contribution in [-0.4, -0.2) is 28.5 Å². The molecule has 2 aromatic carbocycles. The molecule has 0 radical (unpaired) electrons.